The molecule has 2 unspecified atom stereocenters. The Morgan fingerprint density at radius 3 is 2.63 bits per heavy atom. The molecule has 0 amide bonds. The van der Waals surface area contributed by atoms with Crippen molar-refractivity contribution in [2.24, 2.45) is 5.73 Å². The van der Waals surface area contributed by atoms with Gasteiger partial charge in [0.25, 0.3) is 5.82 Å². The first-order valence-corrected chi connectivity index (χ1v) is 6.35. The Bertz CT molecular complexity index is 584. The highest BCUT2D eigenvalue weighted by Gasteiger charge is 2.22. The molecule has 2 rings (SSSR count). The Labute approximate surface area is 116 Å². The maximum atomic E-state index is 8.80. The fraction of sp³-hybridized carbons (Fsp3) is 0.308. The van der Waals surface area contributed by atoms with Crippen LogP contribution in [0.2, 0.25) is 5.02 Å². The highest BCUT2D eigenvalue weighted by Crippen LogP contribution is 2.23. The van der Waals surface area contributed by atoms with Gasteiger partial charge in [-0.2, -0.15) is 5.26 Å². The zero-order chi connectivity index (χ0) is 13.8. The molecular weight excluding hydrogens is 262 g/mol. The second-order valence-electron chi connectivity index (χ2n) is 4.23. The molecule has 98 valence electrons. The van der Waals surface area contributed by atoms with E-state index in [1.165, 1.54) is 6.33 Å². The number of aromatic nitrogens is 3. The van der Waals surface area contributed by atoms with Crippen LogP contribution in [0.25, 0.3) is 0 Å². The van der Waals surface area contributed by atoms with Crippen LogP contribution in [0.3, 0.4) is 0 Å². The van der Waals surface area contributed by atoms with Gasteiger partial charge in [-0.15, -0.1) is 5.10 Å². The molecule has 0 bridgehead atoms. The fourth-order valence-corrected chi connectivity index (χ4v) is 2.07. The molecule has 2 N–H and O–H groups in total. The van der Waals surface area contributed by atoms with Crippen LogP contribution >= 0.6 is 11.6 Å². The van der Waals surface area contributed by atoms with Crippen LogP contribution in [0.5, 0.6) is 0 Å². The molecule has 0 saturated heterocycles. The summed E-state index contributed by atoms with van der Waals surface area (Å²) in [5, 5.41) is 13.6. The largest absolute Gasteiger partial charge is 0.326 e. The molecular formula is C13H14ClN5. The van der Waals surface area contributed by atoms with E-state index in [-0.39, 0.29) is 17.9 Å². The van der Waals surface area contributed by atoms with E-state index in [0.717, 1.165) is 12.0 Å². The Morgan fingerprint density at radius 2 is 2.11 bits per heavy atom. The molecule has 1 aromatic carbocycles. The third-order valence-corrected chi connectivity index (χ3v) is 3.23. The average molecular weight is 276 g/mol. The number of rotatable bonds is 4. The minimum absolute atomic E-state index is 0.116. The van der Waals surface area contributed by atoms with Crippen molar-refractivity contribution >= 4 is 11.6 Å². The van der Waals surface area contributed by atoms with E-state index in [9.17, 15) is 0 Å². The number of benzene rings is 1. The second kappa shape index (κ2) is 5.83. The van der Waals surface area contributed by atoms with Gasteiger partial charge in [0, 0.05) is 11.1 Å². The van der Waals surface area contributed by atoms with E-state index in [4.69, 9.17) is 22.6 Å². The lowest BCUT2D eigenvalue weighted by atomic mass is 9.98. The third kappa shape index (κ3) is 2.92. The van der Waals surface area contributed by atoms with E-state index in [0.29, 0.717) is 5.02 Å². The van der Waals surface area contributed by atoms with Gasteiger partial charge in [-0.05, 0) is 24.1 Å². The molecule has 0 saturated carbocycles. The van der Waals surface area contributed by atoms with Crippen molar-refractivity contribution < 1.29 is 0 Å². The highest BCUT2D eigenvalue weighted by molar-refractivity contribution is 6.30. The normalized spacial score (nSPS) is 13.8. The predicted octanol–water partition coefficient (Wildman–Crippen LogP) is 2.13. The van der Waals surface area contributed by atoms with Crippen LogP contribution in [-0.4, -0.2) is 20.8 Å². The van der Waals surface area contributed by atoms with Crippen LogP contribution in [0.1, 0.15) is 30.8 Å². The van der Waals surface area contributed by atoms with Gasteiger partial charge < -0.3 is 5.73 Å². The van der Waals surface area contributed by atoms with Crippen molar-refractivity contribution in [3.8, 4) is 6.07 Å². The first kappa shape index (κ1) is 13.5. The van der Waals surface area contributed by atoms with Crippen molar-refractivity contribution in [1.29, 1.82) is 5.26 Å². The smallest absolute Gasteiger partial charge is 0.252 e. The molecule has 1 heterocycles. The maximum absolute atomic E-state index is 8.80. The number of nitriles is 1. The summed E-state index contributed by atoms with van der Waals surface area (Å²) in [5.41, 5.74) is 7.16. The van der Waals surface area contributed by atoms with Crippen LogP contribution in [0.4, 0.5) is 0 Å². The van der Waals surface area contributed by atoms with E-state index in [1.807, 2.05) is 37.3 Å². The van der Waals surface area contributed by atoms with Gasteiger partial charge in [-0.25, -0.2) is 9.67 Å². The molecule has 5 nitrogen and oxygen atoms in total. The quantitative estimate of drug-likeness (QED) is 0.927. The molecule has 0 aliphatic heterocycles. The minimum Gasteiger partial charge on any atom is -0.326 e. The molecule has 0 spiro atoms. The summed E-state index contributed by atoms with van der Waals surface area (Å²) in [6, 6.07) is 9.10. The van der Waals surface area contributed by atoms with E-state index < -0.39 is 0 Å². The predicted molar refractivity (Wildman–Crippen MR) is 72.6 cm³/mol. The monoisotopic (exact) mass is 275 g/mol. The second-order valence-corrected chi connectivity index (χ2v) is 4.66. The fourth-order valence-electron chi connectivity index (χ4n) is 1.94. The van der Waals surface area contributed by atoms with Crippen molar-refractivity contribution in [2.75, 3.05) is 0 Å². The van der Waals surface area contributed by atoms with Gasteiger partial charge >= 0.3 is 0 Å². The first-order valence-electron chi connectivity index (χ1n) is 5.98. The van der Waals surface area contributed by atoms with Crippen LogP contribution < -0.4 is 5.73 Å². The van der Waals surface area contributed by atoms with Gasteiger partial charge in [0.15, 0.2) is 0 Å². The van der Waals surface area contributed by atoms with Gasteiger partial charge in [-0.1, -0.05) is 30.7 Å². The minimum atomic E-state index is -0.156. The van der Waals surface area contributed by atoms with Crippen molar-refractivity contribution in [2.45, 2.75) is 25.4 Å². The molecule has 6 heteroatoms. The van der Waals surface area contributed by atoms with Gasteiger partial charge in [0.2, 0.25) is 0 Å². The van der Waals surface area contributed by atoms with Gasteiger partial charge in [-0.3, -0.25) is 0 Å². The number of nitrogens with two attached hydrogens (primary N) is 1. The van der Waals surface area contributed by atoms with Gasteiger partial charge in [0.1, 0.15) is 12.4 Å². The van der Waals surface area contributed by atoms with Crippen molar-refractivity contribution in [3.63, 3.8) is 0 Å². The SMILES string of the molecule is CCC(N)C(c1ccc(Cl)cc1)n1cnc(C#N)n1. The summed E-state index contributed by atoms with van der Waals surface area (Å²) in [4.78, 5) is 3.92. The standard InChI is InChI=1S/C13H14ClN5/c1-2-11(16)13(9-3-5-10(14)6-4-9)19-8-17-12(7-15)18-19/h3-6,8,11,13H,2,16H2,1H3. The molecule has 19 heavy (non-hydrogen) atoms. The first-order chi connectivity index (χ1) is 9.15. The van der Waals surface area contributed by atoms with Crippen LogP contribution in [0, 0.1) is 11.3 Å². The maximum Gasteiger partial charge on any atom is 0.252 e. The van der Waals surface area contributed by atoms with Crippen molar-refractivity contribution in [3.05, 3.63) is 47.0 Å². The third-order valence-electron chi connectivity index (χ3n) is 2.98. The summed E-state index contributed by atoms with van der Waals surface area (Å²) < 4.78 is 1.63. The zero-order valence-electron chi connectivity index (χ0n) is 10.5. The highest BCUT2D eigenvalue weighted by atomic mass is 35.5. The summed E-state index contributed by atoms with van der Waals surface area (Å²) in [6.45, 7) is 2.01. The molecule has 2 atom stereocenters. The molecule has 2 aromatic rings. The lowest BCUT2D eigenvalue weighted by Crippen LogP contribution is -2.32. The molecule has 0 aliphatic rings. The Balaban J connectivity index is 2.41. The summed E-state index contributed by atoms with van der Waals surface area (Å²) >= 11 is 5.89. The molecule has 0 fully saturated rings. The Hall–Kier alpha value is -1.90. The van der Waals surface area contributed by atoms with E-state index in [2.05, 4.69) is 10.1 Å². The lowest BCUT2D eigenvalue weighted by molar-refractivity contribution is 0.422. The topological polar surface area (TPSA) is 80.5 Å². The average Bonchev–Trinajstić information content (AvgIpc) is 2.89. The summed E-state index contributed by atoms with van der Waals surface area (Å²) in [6.07, 6.45) is 2.32. The summed E-state index contributed by atoms with van der Waals surface area (Å²) in [7, 11) is 0. The van der Waals surface area contributed by atoms with Crippen LogP contribution in [-0.2, 0) is 0 Å². The lowest BCUT2D eigenvalue weighted by Gasteiger charge is -2.23. The van der Waals surface area contributed by atoms with Gasteiger partial charge in [0.05, 0.1) is 6.04 Å². The Morgan fingerprint density at radius 1 is 1.42 bits per heavy atom. The number of hydrogen-bond donors (Lipinski definition) is 1. The van der Waals surface area contributed by atoms with E-state index >= 15 is 0 Å². The van der Waals surface area contributed by atoms with E-state index in [1.54, 1.807) is 4.68 Å². The molecule has 1 aromatic heterocycles. The zero-order valence-corrected chi connectivity index (χ0v) is 11.2. The number of nitrogens with zero attached hydrogens (tertiary/aromatic N) is 4. The summed E-state index contributed by atoms with van der Waals surface area (Å²) in [5.74, 6) is 0.141. The number of halogens is 1. The molecule has 0 aliphatic carbocycles. The molecule has 0 radical (unpaired) electrons. The van der Waals surface area contributed by atoms with Crippen molar-refractivity contribution in [1.82, 2.24) is 14.8 Å². The number of hydrogen-bond acceptors (Lipinski definition) is 4. The Kier molecular flexibility index (Phi) is 4.15. The van der Waals surface area contributed by atoms with Crippen LogP contribution in [0.15, 0.2) is 30.6 Å².